The molecule has 0 N–H and O–H groups in total. The van der Waals surface area contributed by atoms with Crippen molar-refractivity contribution in [3.63, 3.8) is 0 Å². The Morgan fingerprint density at radius 1 is 1.62 bits per heavy atom. The normalized spacial score (nSPS) is 18.8. The largest absolute Gasteiger partial charge is 0.336 e. The van der Waals surface area contributed by atoms with Gasteiger partial charge in [-0.1, -0.05) is 19.2 Å². The van der Waals surface area contributed by atoms with Crippen molar-refractivity contribution in [1.82, 2.24) is 4.90 Å². The van der Waals surface area contributed by atoms with Crippen LogP contribution in [0.1, 0.15) is 6.92 Å². The second-order valence-corrected chi connectivity index (χ2v) is 2.95. The Balaban J connectivity index is 3.14. The third-order valence-electron chi connectivity index (χ3n) is 1.83. The molecule has 0 saturated heterocycles. The second-order valence-electron chi connectivity index (χ2n) is 2.95. The molecule has 0 atom stereocenters. The molecule has 1 rings (SSSR count). The molecule has 0 aromatic carbocycles. The zero-order valence-corrected chi connectivity index (χ0v) is 8.12. The fraction of sp³-hybridized carbons (Fsp3) is 0.182. The lowest BCUT2D eigenvalue weighted by atomic mass is 10.1. The summed E-state index contributed by atoms with van der Waals surface area (Å²) in [4.78, 5) is 6.21. The quantitative estimate of drug-likeness (QED) is 0.628. The summed E-state index contributed by atoms with van der Waals surface area (Å²) in [7, 11) is 1.95. The van der Waals surface area contributed by atoms with Crippen LogP contribution in [0.15, 0.2) is 53.5 Å². The van der Waals surface area contributed by atoms with Gasteiger partial charge >= 0.3 is 0 Å². The lowest BCUT2D eigenvalue weighted by Gasteiger charge is -2.19. The first kappa shape index (κ1) is 9.52. The molecule has 13 heavy (non-hydrogen) atoms. The van der Waals surface area contributed by atoms with Crippen molar-refractivity contribution in [1.29, 1.82) is 0 Å². The van der Waals surface area contributed by atoms with Crippen molar-refractivity contribution in [2.45, 2.75) is 6.92 Å². The van der Waals surface area contributed by atoms with Crippen LogP contribution in [0, 0.1) is 0 Å². The van der Waals surface area contributed by atoms with Crippen LogP contribution < -0.4 is 0 Å². The average Bonchev–Trinajstić information content (AvgIpc) is 2.09. The van der Waals surface area contributed by atoms with Crippen LogP contribution in [-0.4, -0.2) is 18.2 Å². The van der Waals surface area contributed by atoms with Gasteiger partial charge in [0.15, 0.2) is 0 Å². The number of aliphatic imine (C=N–C) groups is 1. The Labute approximate surface area is 79.3 Å². The van der Waals surface area contributed by atoms with E-state index in [1.807, 2.05) is 31.1 Å². The molecule has 0 aliphatic carbocycles. The van der Waals surface area contributed by atoms with E-state index in [-0.39, 0.29) is 0 Å². The number of hydrogen-bond donors (Lipinski definition) is 0. The molecule has 1 heterocycles. The predicted molar refractivity (Wildman–Crippen MR) is 57.4 cm³/mol. The molecular formula is C11H14N2. The van der Waals surface area contributed by atoms with Crippen molar-refractivity contribution in [3.8, 4) is 0 Å². The van der Waals surface area contributed by atoms with Gasteiger partial charge in [-0.3, -0.25) is 0 Å². The van der Waals surface area contributed by atoms with Crippen molar-refractivity contribution in [2.75, 3.05) is 7.05 Å². The Kier molecular flexibility index (Phi) is 2.85. The van der Waals surface area contributed by atoms with E-state index in [1.165, 1.54) is 0 Å². The van der Waals surface area contributed by atoms with Gasteiger partial charge < -0.3 is 4.90 Å². The van der Waals surface area contributed by atoms with Crippen molar-refractivity contribution < 1.29 is 0 Å². The minimum absolute atomic E-state index is 0.894. The van der Waals surface area contributed by atoms with Gasteiger partial charge in [-0.25, -0.2) is 4.99 Å². The van der Waals surface area contributed by atoms with Crippen LogP contribution in [0.4, 0.5) is 0 Å². The summed E-state index contributed by atoms with van der Waals surface area (Å²) in [5.74, 6) is 0.894. The van der Waals surface area contributed by atoms with E-state index >= 15 is 0 Å². The van der Waals surface area contributed by atoms with Gasteiger partial charge in [0.25, 0.3) is 0 Å². The van der Waals surface area contributed by atoms with Crippen molar-refractivity contribution in [2.24, 2.45) is 4.99 Å². The third kappa shape index (κ3) is 1.96. The molecule has 1 aliphatic rings. The minimum Gasteiger partial charge on any atom is -0.336 e. The maximum atomic E-state index is 4.26. The van der Waals surface area contributed by atoms with Crippen LogP contribution in [0.2, 0.25) is 0 Å². The third-order valence-corrected chi connectivity index (χ3v) is 1.83. The molecule has 0 aromatic rings. The summed E-state index contributed by atoms with van der Waals surface area (Å²) < 4.78 is 0. The van der Waals surface area contributed by atoms with E-state index in [0.29, 0.717) is 0 Å². The Hall–Kier alpha value is -1.57. The zero-order valence-electron chi connectivity index (χ0n) is 8.12. The van der Waals surface area contributed by atoms with Crippen LogP contribution >= 0.6 is 0 Å². The lowest BCUT2D eigenvalue weighted by molar-refractivity contribution is 0.554. The highest BCUT2D eigenvalue weighted by atomic mass is 15.2. The number of hydrogen-bond acceptors (Lipinski definition) is 2. The second kappa shape index (κ2) is 3.90. The lowest BCUT2D eigenvalue weighted by Crippen LogP contribution is -2.13. The van der Waals surface area contributed by atoms with E-state index < -0.39 is 0 Å². The molecule has 1 aliphatic heterocycles. The number of allylic oxidation sites excluding steroid dienone is 4. The first-order valence-corrected chi connectivity index (χ1v) is 4.13. The topological polar surface area (TPSA) is 15.6 Å². The van der Waals surface area contributed by atoms with Crippen LogP contribution in [-0.2, 0) is 0 Å². The maximum Gasteiger partial charge on any atom is 0.139 e. The van der Waals surface area contributed by atoms with Crippen molar-refractivity contribution >= 4 is 6.21 Å². The summed E-state index contributed by atoms with van der Waals surface area (Å²) in [5.41, 5.74) is 1.97. The Bertz CT molecular complexity index is 319. The standard InChI is InChI=1S/C11H14N2/c1-5-10(9(2)3)11-12-7-6-8-13(11)4/h5-8H,1-2H2,3-4H3/b11-10+. The van der Waals surface area contributed by atoms with Crippen LogP contribution in [0.25, 0.3) is 0 Å². The molecule has 0 spiro atoms. The molecule has 0 saturated carbocycles. The highest BCUT2D eigenvalue weighted by Gasteiger charge is 2.08. The van der Waals surface area contributed by atoms with E-state index in [4.69, 9.17) is 0 Å². The smallest absolute Gasteiger partial charge is 0.139 e. The molecule has 2 nitrogen and oxygen atoms in total. The number of rotatable bonds is 2. The van der Waals surface area contributed by atoms with Gasteiger partial charge in [-0.05, 0) is 18.6 Å². The van der Waals surface area contributed by atoms with E-state index in [0.717, 1.165) is 17.0 Å². The van der Waals surface area contributed by atoms with E-state index in [1.54, 1.807) is 12.3 Å². The summed E-state index contributed by atoms with van der Waals surface area (Å²) in [6.07, 6.45) is 7.39. The minimum atomic E-state index is 0.894. The molecule has 0 amide bonds. The molecule has 0 unspecified atom stereocenters. The summed E-state index contributed by atoms with van der Waals surface area (Å²) in [6, 6.07) is 0. The van der Waals surface area contributed by atoms with Gasteiger partial charge in [0.1, 0.15) is 5.82 Å². The molecule has 68 valence electrons. The first-order valence-electron chi connectivity index (χ1n) is 4.13. The summed E-state index contributed by atoms with van der Waals surface area (Å²) >= 11 is 0. The summed E-state index contributed by atoms with van der Waals surface area (Å²) in [5, 5.41) is 0. The number of nitrogens with zero attached hydrogens (tertiary/aromatic N) is 2. The van der Waals surface area contributed by atoms with E-state index in [2.05, 4.69) is 18.2 Å². The van der Waals surface area contributed by atoms with Crippen LogP contribution in [0.3, 0.4) is 0 Å². The molecular weight excluding hydrogens is 160 g/mol. The molecule has 0 radical (unpaired) electrons. The fourth-order valence-electron chi connectivity index (χ4n) is 1.16. The van der Waals surface area contributed by atoms with Gasteiger partial charge in [-0.2, -0.15) is 0 Å². The molecule has 0 bridgehead atoms. The fourth-order valence-corrected chi connectivity index (χ4v) is 1.16. The van der Waals surface area contributed by atoms with Gasteiger partial charge in [0.05, 0.1) is 0 Å². The molecule has 0 fully saturated rings. The van der Waals surface area contributed by atoms with E-state index in [9.17, 15) is 0 Å². The van der Waals surface area contributed by atoms with Gasteiger partial charge in [0.2, 0.25) is 0 Å². The first-order chi connectivity index (χ1) is 6.16. The Morgan fingerprint density at radius 2 is 2.31 bits per heavy atom. The average molecular weight is 174 g/mol. The van der Waals surface area contributed by atoms with Gasteiger partial charge in [0, 0.05) is 25.0 Å². The highest BCUT2D eigenvalue weighted by molar-refractivity contribution is 5.73. The monoisotopic (exact) mass is 174 g/mol. The predicted octanol–water partition coefficient (Wildman–Crippen LogP) is 2.49. The van der Waals surface area contributed by atoms with Crippen molar-refractivity contribution in [3.05, 3.63) is 48.5 Å². The molecule has 2 heteroatoms. The SMILES string of the molecule is C=C/C(C(=C)C)=C1/N=CC=CN1C. The summed E-state index contributed by atoms with van der Waals surface area (Å²) in [6.45, 7) is 9.58. The maximum absolute atomic E-state index is 4.26. The highest BCUT2D eigenvalue weighted by Crippen LogP contribution is 2.19. The van der Waals surface area contributed by atoms with Crippen LogP contribution in [0.5, 0.6) is 0 Å². The Morgan fingerprint density at radius 3 is 2.77 bits per heavy atom. The molecule has 0 aromatic heterocycles. The zero-order chi connectivity index (χ0) is 9.84. The van der Waals surface area contributed by atoms with Gasteiger partial charge in [-0.15, -0.1) is 0 Å².